The highest BCUT2D eigenvalue weighted by Gasteiger charge is 2.60. The molecule has 3 aromatic carbocycles. The average molecular weight is 726 g/mol. The third-order valence-electron chi connectivity index (χ3n) is 10.6. The van der Waals surface area contributed by atoms with Gasteiger partial charge in [-0.15, -0.1) is 0 Å². The van der Waals surface area contributed by atoms with Gasteiger partial charge in [-0.25, -0.2) is 14.5 Å². The van der Waals surface area contributed by atoms with Gasteiger partial charge in [-0.2, -0.15) is 0 Å². The number of carbonyl (C=O) groups is 5. The summed E-state index contributed by atoms with van der Waals surface area (Å²) < 4.78 is 10.8. The van der Waals surface area contributed by atoms with Crippen LogP contribution in [0.25, 0.3) is 0 Å². The second-order valence-corrected chi connectivity index (χ2v) is 14.2. The molecule has 2 atom stereocenters. The molecule has 3 aliphatic rings. The highest BCUT2D eigenvalue weighted by Crippen LogP contribution is 2.44. The van der Waals surface area contributed by atoms with Gasteiger partial charge in [-0.05, 0) is 73.6 Å². The number of benzene rings is 3. The van der Waals surface area contributed by atoms with E-state index in [0.717, 1.165) is 48.1 Å². The second kappa shape index (κ2) is 16.0. The molecular weight excluding hydrogens is 678 g/mol. The number of aliphatic carboxylic acids is 1. The number of anilines is 2. The number of carboxylic acid groups (broad SMARTS) is 1. The molecule has 1 aliphatic heterocycles. The van der Waals surface area contributed by atoms with Crippen molar-refractivity contribution in [2.75, 3.05) is 24.9 Å². The minimum absolute atomic E-state index is 0.138. The van der Waals surface area contributed by atoms with E-state index >= 15 is 0 Å². The predicted molar refractivity (Wildman–Crippen MR) is 198 cm³/mol. The lowest BCUT2D eigenvalue weighted by atomic mass is 9.80. The van der Waals surface area contributed by atoms with E-state index in [2.05, 4.69) is 16.0 Å². The van der Waals surface area contributed by atoms with Crippen LogP contribution in [0.15, 0.2) is 66.7 Å². The predicted octanol–water partition coefficient (Wildman–Crippen LogP) is 6.62. The summed E-state index contributed by atoms with van der Waals surface area (Å²) in [7, 11) is 2.95. The van der Waals surface area contributed by atoms with Crippen molar-refractivity contribution in [3.8, 4) is 11.5 Å². The third-order valence-corrected chi connectivity index (χ3v) is 10.6. The van der Waals surface area contributed by atoms with E-state index in [1.54, 1.807) is 35.2 Å². The summed E-state index contributed by atoms with van der Waals surface area (Å²) in [5.74, 6) is -1.11. The Morgan fingerprint density at radius 2 is 1.64 bits per heavy atom. The van der Waals surface area contributed by atoms with Crippen molar-refractivity contribution in [3.63, 3.8) is 0 Å². The molecule has 2 aliphatic carbocycles. The Balaban J connectivity index is 1.24. The van der Waals surface area contributed by atoms with Crippen LogP contribution in [0.2, 0.25) is 0 Å². The van der Waals surface area contributed by atoms with Gasteiger partial charge in [0.05, 0.1) is 26.7 Å². The van der Waals surface area contributed by atoms with Crippen molar-refractivity contribution in [3.05, 3.63) is 83.4 Å². The number of para-hydroxylation sites is 1. The van der Waals surface area contributed by atoms with Gasteiger partial charge in [0, 0.05) is 29.5 Å². The summed E-state index contributed by atoms with van der Waals surface area (Å²) >= 11 is 0. The Bertz CT molecular complexity index is 1850. The van der Waals surface area contributed by atoms with Gasteiger partial charge in [0.25, 0.3) is 5.91 Å². The summed E-state index contributed by atoms with van der Waals surface area (Å²) in [6.07, 6.45) is 5.03. The fraction of sp³-hybridized carbons (Fsp3) is 0.425. The number of nitrogens with one attached hydrogen (secondary N) is 3. The van der Waals surface area contributed by atoms with Crippen molar-refractivity contribution in [1.82, 2.24) is 15.1 Å². The highest BCUT2D eigenvalue weighted by molar-refractivity contribution is 6.10. The number of hydrogen-bond donors (Lipinski definition) is 4. The highest BCUT2D eigenvalue weighted by atomic mass is 16.5. The number of hydrogen-bond acceptors (Lipinski definition) is 7. The minimum atomic E-state index is -1.14. The number of nitrogens with zero attached hydrogens (tertiary/aromatic N) is 2. The third kappa shape index (κ3) is 8.24. The Labute approximate surface area is 309 Å². The lowest BCUT2D eigenvalue weighted by molar-refractivity contribution is -0.142. The second-order valence-electron chi connectivity index (χ2n) is 14.2. The Hall–Kier alpha value is -5.59. The van der Waals surface area contributed by atoms with Crippen LogP contribution in [0.3, 0.4) is 0 Å². The van der Waals surface area contributed by atoms with Crippen molar-refractivity contribution < 1.29 is 38.6 Å². The molecule has 13 heteroatoms. The molecule has 6 amide bonds. The van der Waals surface area contributed by atoms with Crippen LogP contribution in [0, 0.1) is 12.8 Å². The van der Waals surface area contributed by atoms with E-state index < -0.39 is 42.0 Å². The standard InChI is InChI=1S/C40H47N5O8/c1-25-9-5-6-10-31(25)43-38(50)41-28-15-13-27(14-16-28)24-44-39(51)45(37(49)40(44)19-7-4-8-20-40)33(21-26-11-12-26)36(48)42-32(23-35(46)47)30-18-17-29(52-2)22-34(30)53-3/h5-6,9-10,13-18,22,26,32-33H,4,7-8,11-12,19-21,23-24H2,1-3H3,(H,42,48)(H,46,47)(H2,41,43,50)/t32-,33-/m0/s1. The van der Waals surface area contributed by atoms with Crippen LogP contribution >= 0.6 is 0 Å². The van der Waals surface area contributed by atoms with Crippen LogP contribution in [0.4, 0.5) is 21.0 Å². The van der Waals surface area contributed by atoms with Gasteiger partial charge in [-0.1, -0.05) is 62.4 Å². The minimum Gasteiger partial charge on any atom is -0.497 e. The van der Waals surface area contributed by atoms with Gasteiger partial charge in [0.2, 0.25) is 5.91 Å². The van der Waals surface area contributed by atoms with Gasteiger partial charge < -0.3 is 35.4 Å². The summed E-state index contributed by atoms with van der Waals surface area (Å²) in [4.78, 5) is 70.9. The molecule has 53 heavy (non-hydrogen) atoms. The zero-order valence-corrected chi connectivity index (χ0v) is 30.4. The molecule has 3 fully saturated rings. The maximum atomic E-state index is 14.6. The largest absolute Gasteiger partial charge is 0.497 e. The lowest BCUT2D eigenvalue weighted by Gasteiger charge is -2.38. The molecular formula is C40H47N5O8. The molecule has 1 spiro atoms. The summed E-state index contributed by atoms with van der Waals surface area (Å²) in [5, 5.41) is 18.4. The van der Waals surface area contributed by atoms with Crippen molar-refractivity contribution in [1.29, 1.82) is 0 Å². The van der Waals surface area contributed by atoms with Crippen LogP contribution in [0.5, 0.6) is 11.5 Å². The molecule has 13 nitrogen and oxygen atoms in total. The molecule has 2 saturated carbocycles. The van der Waals surface area contributed by atoms with Crippen molar-refractivity contribution in [2.24, 2.45) is 5.92 Å². The molecule has 4 N–H and O–H groups in total. The maximum Gasteiger partial charge on any atom is 0.328 e. The van der Waals surface area contributed by atoms with E-state index in [0.29, 0.717) is 41.3 Å². The molecule has 1 saturated heterocycles. The molecule has 280 valence electrons. The first-order valence-electron chi connectivity index (χ1n) is 18.1. The van der Waals surface area contributed by atoms with Crippen LogP contribution in [-0.4, -0.2) is 70.6 Å². The van der Waals surface area contributed by atoms with Crippen LogP contribution in [-0.2, 0) is 20.9 Å². The van der Waals surface area contributed by atoms with Crippen LogP contribution in [0.1, 0.15) is 80.5 Å². The van der Waals surface area contributed by atoms with E-state index in [4.69, 9.17) is 9.47 Å². The number of carboxylic acids is 1. The molecule has 1 heterocycles. The first-order chi connectivity index (χ1) is 25.5. The summed E-state index contributed by atoms with van der Waals surface area (Å²) in [6.45, 7) is 2.05. The number of methoxy groups -OCH3 is 2. The van der Waals surface area contributed by atoms with Crippen LogP contribution < -0.4 is 25.4 Å². The molecule has 0 aromatic heterocycles. The SMILES string of the molecule is COc1ccc([C@H](CC(=O)O)NC(=O)[C@H](CC2CC2)N2C(=O)N(Cc3ccc(NC(=O)Nc4ccccc4C)cc3)C3(CCCCC3)C2=O)c(OC)c1. The quantitative estimate of drug-likeness (QED) is 0.135. The number of amides is 6. The number of aryl methyl sites for hydroxylation is 1. The number of carbonyl (C=O) groups excluding carboxylic acids is 4. The first kappa shape index (κ1) is 37.2. The van der Waals surface area contributed by atoms with E-state index in [1.807, 2.05) is 43.3 Å². The molecule has 6 rings (SSSR count). The summed E-state index contributed by atoms with van der Waals surface area (Å²) in [5.41, 5.74) is 2.30. The Kier molecular flexibility index (Phi) is 11.2. The van der Waals surface area contributed by atoms with Gasteiger partial charge in [0.15, 0.2) is 0 Å². The Morgan fingerprint density at radius 3 is 2.28 bits per heavy atom. The van der Waals surface area contributed by atoms with Gasteiger partial charge >= 0.3 is 18.0 Å². The van der Waals surface area contributed by atoms with E-state index in [9.17, 15) is 29.1 Å². The van der Waals surface area contributed by atoms with Crippen molar-refractivity contribution >= 4 is 41.2 Å². The maximum absolute atomic E-state index is 14.6. The van der Waals surface area contributed by atoms with Gasteiger partial charge in [-0.3, -0.25) is 14.4 Å². The first-order valence-corrected chi connectivity index (χ1v) is 18.1. The van der Waals surface area contributed by atoms with E-state index in [1.165, 1.54) is 14.2 Å². The van der Waals surface area contributed by atoms with E-state index in [-0.39, 0.29) is 30.8 Å². The number of ether oxygens (including phenoxy) is 2. The smallest absolute Gasteiger partial charge is 0.328 e. The zero-order valence-electron chi connectivity index (χ0n) is 30.4. The number of imide groups is 1. The number of urea groups is 2. The summed E-state index contributed by atoms with van der Waals surface area (Å²) in [6, 6.07) is 16.5. The average Bonchev–Trinajstić information content (AvgIpc) is 3.96. The van der Waals surface area contributed by atoms with Crippen molar-refractivity contribution in [2.45, 2.75) is 88.9 Å². The fourth-order valence-corrected chi connectivity index (χ4v) is 7.51. The Morgan fingerprint density at radius 1 is 0.925 bits per heavy atom. The normalized spacial score (nSPS) is 17.6. The number of rotatable bonds is 14. The monoisotopic (exact) mass is 725 g/mol. The molecule has 0 unspecified atom stereocenters. The zero-order chi connectivity index (χ0) is 37.7. The lowest BCUT2D eigenvalue weighted by Crippen LogP contribution is -2.53. The molecule has 0 bridgehead atoms. The molecule has 0 radical (unpaired) electrons. The fourth-order valence-electron chi connectivity index (χ4n) is 7.51. The van der Waals surface area contributed by atoms with Gasteiger partial charge in [0.1, 0.15) is 23.1 Å². The molecule has 3 aromatic rings. The topological polar surface area (TPSA) is 167 Å².